The van der Waals surface area contributed by atoms with Crippen LogP contribution in [0.15, 0.2) is 26.9 Å². The van der Waals surface area contributed by atoms with Crippen molar-refractivity contribution in [2.45, 2.75) is 34.2 Å². The second kappa shape index (κ2) is 8.86. The fraction of sp³-hybridized carbons (Fsp3) is 0.357. The molecule has 0 spiro atoms. The summed E-state index contributed by atoms with van der Waals surface area (Å²) in [6.07, 6.45) is 1.07. The first kappa shape index (κ1) is 18.5. The molecule has 1 atom stereocenters. The maximum absolute atomic E-state index is 13.0. The molecule has 1 aromatic carbocycles. The predicted molar refractivity (Wildman–Crippen MR) is 96.3 cm³/mol. The maximum Gasteiger partial charge on any atom is 0.237 e. The first-order valence-corrected chi connectivity index (χ1v) is 9.94. The molecule has 0 saturated heterocycles. The van der Waals surface area contributed by atoms with Crippen molar-refractivity contribution in [3.63, 3.8) is 0 Å². The summed E-state index contributed by atoms with van der Waals surface area (Å²) in [4.78, 5) is 12.2. The quantitative estimate of drug-likeness (QED) is 0.676. The van der Waals surface area contributed by atoms with E-state index in [-0.39, 0.29) is 16.2 Å². The van der Waals surface area contributed by atoms with Crippen molar-refractivity contribution in [2.24, 2.45) is 0 Å². The number of benzene rings is 1. The summed E-state index contributed by atoms with van der Waals surface area (Å²) in [6.45, 7) is 3.88. The van der Waals surface area contributed by atoms with Gasteiger partial charge in [0.2, 0.25) is 5.91 Å². The van der Waals surface area contributed by atoms with Gasteiger partial charge in [0, 0.05) is 5.75 Å². The summed E-state index contributed by atoms with van der Waals surface area (Å²) in [7, 11) is 0. The van der Waals surface area contributed by atoms with Crippen LogP contribution in [0.5, 0.6) is 0 Å². The molecule has 9 heteroatoms. The summed E-state index contributed by atoms with van der Waals surface area (Å²) in [5.74, 6) is 0.334. The van der Waals surface area contributed by atoms with Gasteiger partial charge < -0.3 is 5.32 Å². The lowest BCUT2D eigenvalue weighted by Crippen LogP contribution is -2.22. The van der Waals surface area contributed by atoms with Crippen LogP contribution >= 0.6 is 46.5 Å². The molecule has 0 aliphatic rings. The monoisotopic (exact) mass is 391 g/mol. The first-order valence-electron chi connectivity index (χ1n) is 6.88. The molecule has 4 nitrogen and oxygen atoms in total. The Bertz CT molecular complexity index is 683. The molecule has 0 radical (unpaired) electrons. The summed E-state index contributed by atoms with van der Waals surface area (Å²) in [6, 6.07) is 3.86. The fourth-order valence-electron chi connectivity index (χ4n) is 1.52. The topological polar surface area (TPSA) is 54.9 Å². The van der Waals surface area contributed by atoms with Crippen molar-refractivity contribution in [2.75, 3.05) is 11.1 Å². The van der Waals surface area contributed by atoms with Crippen LogP contribution in [0.3, 0.4) is 0 Å². The molecule has 1 heterocycles. The minimum Gasteiger partial charge on any atom is -0.324 e. The Morgan fingerprint density at radius 3 is 2.87 bits per heavy atom. The smallest absolute Gasteiger partial charge is 0.237 e. The van der Waals surface area contributed by atoms with E-state index in [0.29, 0.717) is 5.69 Å². The first-order chi connectivity index (χ1) is 11.0. The van der Waals surface area contributed by atoms with Crippen molar-refractivity contribution in [1.29, 1.82) is 0 Å². The second-order valence-electron chi connectivity index (χ2n) is 4.56. The van der Waals surface area contributed by atoms with Crippen molar-refractivity contribution in [3.05, 3.63) is 29.0 Å². The standard InChI is InChI=1S/C14H15ClFN3OS3/c1-3-6-21-13-18-19-14(23-13)22-8(2)12(20)17-11-5-4-9(16)7-10(11)15/h4-5,7-8H,3,6H2,1-2H3,(H,17,20)/t8-/m1/s1. The van der Waals surface area contributed by atoms with Crippen molar-refractivity contribution >= 4 is 58.1 Å². The van der Waals surface area contributed by atoms with Crippen LogP contribution in [-0.4, -0.2) is 27.1 Å². The Balaban J connectivity index is 1.93. The molecule has 0 bridgehead atoms. The van der Waals surface area contributed by atoms with E-state index in [4.69, 9.17) is 11.6 Å². The van der Waals surface area contributed by atoms with E-state index in [9.17, 15) is 9.18 Å². The van der Waals surface area contributed by atoms with Gasteiger partial charge >= 0.3 is 0 Å². The minimum atomic E-state index is -0.443. The Hall–Kier alpha value is -0.830. The molecule has 1 amide bonds. The SMILES string of the molecule is CCCSc1nnc(S[C@H](C)C(=O)Nc2ccc(F)cc2Cl)s1. The summed E-state index contributed by atoms with van der Waals surface area (Å²) < 4.78 is 14.7. The number of rotatable bonds is 7. The highest BCUT2D eigenvalue weighted by atomic mass is 35.5. The number of amides is 1. The maximum atomic E-state index is 13.0. The van der Waals surface area contributed by atoms with Crippen LogP contribution in [0.25, 0.3) is 0 Å². The van der Waals surface area contributed by atoms with E-state index in [1.54, 1.807) is 18.7 Å². The highest BCUT2D eigenvalue weighted by molar-refractivity contribution is 8.03. The molecule has 0 saturated carbocycles. The number of thioether (sulfide) groups is 2. The number of hydrogen-bond donors (Lipinski definition) is 1. The van der Waals surface area contributed by atoms with Crippen molar-refractivity contribution in [3.8, 4) is 0 Å². The van der Waals surface area contributed by atoms with Gasteiger partial charge in [0.1, 0.15) is 5.82 Å². The average Bonchev–Trinajstić information content (AvgIpc) is 2.95. The van der Waals surface area contributed by atoms with Crippen LogP contribution in [0.2, 0.25) is 5.02 Å². The molecule has 0 aliphatic heterocycles. The number of aromatic nitrogens is 2. The van der Waals surface area contributed by atoms with Gasteiger partial charge in [-0.25, -0.2) is 4.39 Å². The third kappa shape index (κ3) is 5.63. The van der Waals surface area contributed by atoms with Gasteiger partial charge in [0.15, 0.2) is 8.68 Å². The van der Waals surface area contributed by atoms with Crippen molar-refractivity contribution in [1.82, 2.24) is 10.2 Å². The third-order valence-corrected chi connectivity index (χ3v) is 6.41. The summed E-state index contributed by atoms with van der Waals surface area (Å²) in [5.41, 5.74) is 0.391. The van der Waals surface area contributed by atoms with E-state index in [0.717, 1.165) is 26.9 Å². The molecular formula is C14H15ClFN3OS3. The highest BCUT2D eigenvalue weighted by Gasteiger charge is 2.18. The second-order valence-corrected chi connectivity index (χ2v) is 8.87. The minimum absolute atomic E-state index is 0.171. The number of hydrogen-bond acceptors (Lipinski definition) is 6. The van der Waals surface area contributed by atoms with Crippen LogP contribution < -0.4 is 5.32 Å². The molecule has 124 valence electrons. The van der Waals surface area contributed by atoms with Crippen LogP contribution in [0.4, 0.5) is 10.1 Å². The van der Waals surface area contributed by atoms with E-state index >= 15 is 0 Å². The van der Waals surface area contributed by atoms with Crippen molar-refractivity contribution < 1.29 is 9.18 Å². The number of halogens is 2. The van der Waals surface area contributed by atoms with E-state index in [1.807, 2.05) is 0 Å². The Labute approximate surface area is 151 Å². The molecular weight excluding hydrogens is 377 g/mol. The van der Waals surface area contributed by atoms with Gasteiger partial charge in [-0.3, -0.25) is 4.79 Å². The largest absolute Gasteiger partial charge is 0.324 e. The van der Waals surface area contributed by atoms with E-state index in [1.165, 1.54) is 35.2 Å². The Morgan fingerprint density at radius 1 is 1.43 bits per heavy atom. The molecule has 0 fully saturated rings. The molecule has 0 aliphatic carbocycles. The van der Waals surface area contributed by atoms with Gasteiger partial charge in [-0.15, -0.1) is 10.2 Å². The van der Waals surface area contributed by atoms with Crippen LogP contribution in [0.1, 0.15) is 20.3 Å². The lowest BCUT2D eigenvalue weighted by Gasteiger charge is -2.11. The summed E-state index contributed by atoms with van der Waals surface area (Å²) in [5, 5.41) is 10.7. The number of carbonyl (C=O) groups is 1. The van der Waals surface area contributed by atoms with Gasteiger partial charge in [-0.1, -0.05) is 53.4 Å². The van der Waals surface area contributed by atoms with Gasteiger partial charge in [-0.2, -0.15) is 0 Å². The van der Waals surface area contributed by atoms with E-state index in [2.05, 4.69) is 22.4 Å². The third-order valence-electron chi connectivity index (χ3n) is 2.65. The van der Waals surface area contributed by atoms with Crippen LogP contribution in [0, 0.1) is 5.82 Å². The number of carbonyl (C=O) groups excluding carboxylic acids is 1. The Kier molecular flexibility index (Phi) is 7.13. The van der Waals surface area contributed by atoms with Crippen LogP contribution in [-0.2, 0) is 4.79 Å². The van der Waals surface area contributed by atoms with Gasteiger partial charge in [0.25, 0.3) is 0 Å². The molecule has 0 unspecified atom stereocenters. The zero-order valence-electron chi connectivity index (χ0n) is 12.5. The molecule has 2 rings (SSSR count). The summed E-state index contributed by atoms with van der Waals surface area (Å²) >= 11 is 10.4. The highest BCUT2D eigenvalue weighted by Crippen LogP contribution is 2.32. The number of anilines is 1. The molecule has 2 aromatic rings. The van der Waals surface area contributed by atoms with Gasteiger partial charge in [-0.05, 0) is 31.5 Å². The normalized spacial score (nSPS) is 12.2. The zero-order chi connectivity index (χ0) is 16.8. The number of nitrogens with zero attached hydrogens (tertiary/aromatic N) is 2. The lowest BCUT2D eigenvalue weighted by molar-refractivity contribution is -0.115. The fourth-order valence-corrected chi connectivity index (χ4v) is 4.83. The lowest BCUT2D eigenvalue weighted by atomic mass is 10.3. The molecule has 1 N–H and O–H groups in total. The zero-order valence-corrected chi connectivity index (χ0v) is 15.7. The van der Waals surface area contributed by atoms with Gasteiger partial charge in [0.05, 0.1) is 16.0 Å². The Morgan fingerprint density at radius 2 is 2.17 bits per heavy atom. The molecule has 23 heavy (non-hydrogen) atoms. The predicted octanol–water partition coefficient (Wildman–Crippen LogP) is 4.95. The van der Waals surface area contributed by atoms with E-state index < -0.39 is 5.82 Å². The average molecular weight is 392 g/mol. The molecule has 1 aromatic heterocycles. The number of nitrogens with one attached hydrogen (secondary N) is 1.